The van der Waals surface area contributed by atoms with E-state index in [2.05, 4.69) is 233 Å². The first-order valence-corrected chi connectivity index (χ1v) is 30.5. The Morgan fingerprint density at radius 3 is 1.89 bits per heavy atom. The zero-order valence-corrected chi connectivity index (χ0v) is 46.3. The van der Waals surface area contributed by atoms with Gasteiger partial charge in [-0.15, -0.1) is 11.3 Å². The number of hydrogen-bond donors (Lipinski definition) is 0. The van der Waals surface area contributed by atoms with Crippen molar-refractivity contribution in [3.63, 3.8) is 0 Å². The summed E-state index contributed by atoms with van der Waals surface area (Å²) >= 11 is 1.93. The van der Waals surface area contributed by atoms with Gasteiger partial charge in [-0.05, 0) is 184 Å². The highest BCUT2D eigenvalue weighted by Crippen LogP contribution is 2.70. The summed E-state index contributed by atoms with van der Waals surface area (Å²) in [5.74, 6) is 3.49. The topological polar surface area (TPSA) is 48.5 Å². The summed E-state index contributed by atoms with van der Waals surface area (Å²) < 4.78 is 7.54. The first-order valence-electron chi connectivity index (χ1n) is 29.6. The minimum absolute atomic E-state index is 0.0798. The number of benzene rings is 10. The number of fused-ring (bicyclic) bond motifs is 13. The molecule has 0 aliphatic heterocycles. The number of pyridine rings is 1. The van der Waals surface area contributed by atoms with Gasteiger partial charge in [-0.1, -0.05) is 146 Å². The normalized spacial score (nSPS) is 19.6. The van der Waals surface area contributed by atoms with E-state index in [-0.39, 0.29) is 5.41 Å². The van der Waals surface area contributed by atoms with Crippen molar-refractivity contribution in [3.8, 4) is 67.5 Å². The zero-order chi connectivity index (χ0) is 54.1. The molecule has 0 atom stereocenters. The van der Waals surface area contributed by atoms with E-state index in [9.17, 15) is 0 Å². The van der Waals surface area contributed by atoms with Gasteiger partial charge in [-0.25, -0.2) is 9.97 Å². The minimum atomic E-state index is -0.0798. The monoisotopic (exact) mass is 1080 g/mol. The van der Waals surface area contributed by atoms with E-state index in [1.165, 1.54) is 118 Å². The number of rotatable bonds is 6. The molecule has 0 radical (unpaired) electrons. The molecule has 4 saturated carbocycles. The Hall–Kier alpha value is -9.49. The van der Waals surface area contributed by atoms with Crippen LogP contribution in [0.2, 0.25) is 0 Å². The summed E-state index contributed by atoms with van der Waals surface area (Å²) in [5, 5.41) is 9.90. The van der Waals surface area contributed by atoms with Crippen LogP contribution < -0.4 is 0 Å². The molecule has 5 aliphatic carbocycles. The maximum Gasteiger partial charge on any atom is 0.235 e. The van der Waals surface area contributed by atoms with E-state index in [0.29, 0.717) is 17.8 Å². The van der Waals surface area contributed by atoms with E-state index in [4.69, 9.17) is 9.97 Å². The average molecular weight is 1080 g/mol. The summed E-state index contributed by atoms with van der Waals surface area (Å²) in [7, 11) is 0. The molecule has 4 fully saturated rings. The van der Waals surface area contributed by atoms with E-state index in [0.717, 1.165) is 67.7 Å². The second-order valence-corrected chi connectivity index (χ2v) is 25.4. The SMILES string of the molecule is c1ccc(-c2cc(-c3ccc4c5ccccc5n(-c5ccccc5)c4c3)nc(-n3c4cc5c(cc4c4cc6cc(-c7cccnc7)ccc6cc43)-c3cc(-c4cccc6c4sc4ccccc46)ccc3C53C4CC5CC(C4)CC3C5)n2)cc1. The fourth-order valence-corrected chi connectivity index (χ4v) is 18.2. The van der Waals surface area contributed by atoms with Gasteiger partial charge in [0.2, 0.25) is 5.95 Å². The van der Waals surface area contributed by atoms with E-state index in [1.807, 2.05) is 29.8 Å². The van der Waals surface area contributed by atoms with Crippen molar-refractivity contribution in [2.24, 2.45) is 23.7 Å². The first kappa shape index (κ1) is 46.2. The lowest BCUT2D eigenvalue weighted by Gasteiger charge is -2.61. The van der Waals surface area contributed by atoms with Gasteiger partial charge < -0.3 is 4.57 Å². The van der Waals surface area contributed by atoms with Crippen LogP contribution in [0.5, 0.6) is 0 Å². The lowest BCUT2D eigenvalue weighted by Crippen LogP contribution is -2.55. The summed E-state index contributed by atoms with van der Waals surface area (Å²) in [6.07, 6.45) is 10.4. The van der Waals surface area contributed by atoms with Gasteiger partial charge in [0, 0.05) is 81.9 Å². The molecule has 4 bridgehead atoms. The second kappa shape index (κ2) is 17.3. The quantitative estimate of drug-likeness (QED) is 0.167. The Bertz CT molecular complexity index is 5200. The van der Waals surface area contributed by atoms with Gasteiger partial charge >= 0.3 is 0 Å². The van der Waals surface area contributed by atoms with Crippen LogP contribution in [0.4, 0.5) is 0 Å². The van der Waals surface area contributed by atoms with E-state index >= 15 is 0 Å². The molecule has 0 amide bonds. The Kier molecular flexibility index (Phi) is 9.61. The van der Waals surface area contributed by atoms with Gasteiger partial charge in [-0.2, -0.15) is 0 Å². The van der Waals surface area contributed by atoms with Crippen LogP contribution in [0.1, 0.15) is 43.2 Å². The van der Waals surface area contributed by atoms with E-state index < -0.39 is 0 Å². The van der Waals surface area contributed by atoms with Crippen molar-refractivity contribution in [1.29, 1.82) is 0 Å². The van der Waals surface area contributed by atoms with Crippen molar-refractivity contribution in [3.05, 3.63) is 248 Å². The fourth-order valence-electron chi connectivity index (χ4n) is 16.9. The van der Waals surface area contributed by atoms with Gasteiger partial charge in [0.05, 0.1) is 33.5 Å². The Morgan fingerprint density at radius 1 is 0.386 bits per heavy atom. The molecule has 5 heterocycles. The third-order valence-corrected chi connectivity index (χ3v) is 21.4. The smallest absolute Gasteiger partial charge is 0.235 e. The molecule has 0 unspecified atom stereocenters. The molecule has 20 rings (SSSR count). The summed E-state index contributed by atoms with van der Waals surface area (Å²) in [6, 6.07) is 84.0. The number of aromatic nitrogens is 5. The second-order valence-electron chi connectivity index (χ2n) is 24.4. The van der Waals surface area contributed by atoms with Gasteiger partial charge in [0.25, 0.3) is 0 Å². The molecule has 6 heteroatoms. The predicted octanol–water partition coefficient (Wildman–Crippen LogP) is 20.0. The summed E-state index contributed by atoms with van der Waals surface area (Å²) in [4.78, 5) is 16.0. The van der Waals surface area contributed by atoms with Gasteiger partial charge in [0.1, 0.15) is 0 Å². The van der Waals surface area contributed by atoms with Gasteiger partial charge in [-0.3, -0.25) is 9.55 Å². The lowest BCUT2D eigenvalue weighted by molar-refractivity contribution is -0.0399. The van der Waals surface area contributed by atoms with Crippen LogP contribution in [0.25, 0.3) is 142 Å². The lowest BCUT2D eigenvalue weighted by atomic mass is 9.43. The average Bonchev–Trinajstić information content (AvgIpc) is 3.49. The van der Waals surface area contributed by atoms with Crippen molar-refractivity contribution in [1.82, 2.24) is 24.1 Å². The highest BCUT2D eigenvalue weighted by Gasteiger charge is 2.61. The summed E-state index contributed by atoms with van der Waals surface area (Å²) in [5.41, 5.74) is 20.3. The molecule has 5 nitrogen and oxygen atoms in total. The molecule has 83 heavy (non-hydrogen) atoms. The van der Waals surface area contributed by atoms with Crippen LogP contribution in [0.15, 0.2) is 237 Å². The molecule has 1 spiro atoms. The highest BCUT2D eigenvalue weighted by molar-refractivity contribution is 7.26. The third kappa shape index (κ3) is 6.61. The van der Waals surface area contributed by atoms with Crippen molar-refractivity contribution >= 4 is 85.9 Å². The van der Waals surface area contributed by atoms with E-state index in [1.54, 1.807) is 5.56 Å². The molecule has 15 aromatic rings. The van der Waals surface area contributed by atoms with Crippen molar-refractivity contribution in [2.45, 2.75) is 37.5 Å². The van der Waals surface area contributed by atoms with Gasteiger partial charge in [0.15, 0.2) is 0 Å². The van der Waals surface area contributed by atoms with Crippen LogP contribution in [-0.2, 0) is 5.41 Å². The highest BCUT2D eigenvalue weighted by atomic mass is 32.1. The predicted molar refractivity (Wildman–Crippen MR) is 344 cm³/mol. The van der Waals surface area contributed by atoms with Crippen LogP contribution in [0, 0.1) is 23.7 Å². The largest absolute Gasteiger partial charge is 0.309 e. The molecular formula is C77H53N5S. The number of para-hydroxylation sites is 2. The Morgan fingerprint density at radius 2 is 1.06 bits per heavy atom. The maximum atomic E-state index is 5.80. The number of hydrogen-bond acceptors (Lipinski definition) is 4. The molecular weight excluding hydrogens is 1030 g/mol. The third-order valence-electron chi connectivity index (χ3n) is 20.2. The molecule has 0 N–H and O–H groups in total. The molecule has 5 aromatic heterocycles. The molecule has 10 aromatic carbocycles. The Labute approximate surface area is 483 Å². The van der Waals surface area contributed by atoms with Crippen LogP contribution in [-0.4, -0.2) is 24.1 Å². The summed E-state index contributed by atoms with van der Waals surface area (Å²) in [6.45, 7) is 0. The zero-order valence-electron chi connectivity index (χ0n) is 45.5. The van der Waals surface area contributed by atoms with Crippen molar-refractivity contribution in [2.75, 3.05) is 0 Å². The number of thiophene rings is 1. The standard InChI is InChI=1S/C77H53N5S/c1-3-13-47(14-4-1)68-43-69(51-26-28-59-58-18-7-9-22-70(58)81(71(59)40-51)56-16-5-2-6-17-56)80-76(79-68)82-72-39-49-25-24-48(52-15-12-30-78-44-52)36-53(49)38-64(72)65-41-63-62-37-50(57-20-11-21-61-60-19-8-10-23-74(60)83-75(57)61)27-29-66(62)77(67(63)42-73(65)82)54-32-45-31-46(34-54)35-55(77)33-45/h1-30,36-46,54-55H,31-35H2. The first-order chi connectivity index (χ1) is 41.1. The van der Waals surface area contributed by atoms with Crippen LogP contribution >= 0.6 is 11.3 Å². The molecule has 0 saturated heterocycles. The minimum Gasteiger partial charge on any atom is -0.309 e. The fraction of sp³-hybridized carbons (Fsp3) is 0.130. The Balaban J connectivity index is 0.891. The molecule has 5 aliphatic rings. The van der Waals surface area contributed by atoms with Crippen molar-refractivity contribution < 1.29 is 0 Å². The molecule has 392 valence electrons. The van der Waals surface area contributed by atoms with Crippen LogP contribution in [0.3, 0.4) is 0 Å². The maximum absolute atomic E-state index is 5.80. The number of nitrogens with zero attached hydrogens (tertiary/aromatic N) is 5.